The summed E-state index contributed by atoms with van der Waals surface area (Å²) in [6.45, 7) is 1.52. The molecule has 2 atom stereocenters. The molecule has 1 aliphatic heterocycles. The Morgan fingerprint density at radius 3 is 2.69 bits per heavy atom. The molecule has 1 N–H and O–H groups in total. The number of rotatable bonds is 5. The van der Waals surface area contributed by atoms with Crippen molar-refractivity contribution in [3.8, 4) is 17.2 Å². The monoisotopic (exact) mass is 357 g/mol. The zero-order valence-electron chi connectivity index (χ0n) is 14.4. The van der Waals surface area contributed by atoms with Crippen LogP contribution in [0.2, 0.25) is 0 Å². The van der Waals surface area contributed by atoms with E-state index in [1.165, 1.54) is 14.0 Å². The Hall–Kier alpha value is -3.22. The maximum Gasteiger partial charge on any atom is 0.351 e. The average Bonchev–Trinajstić information content (AvgIpc) is 2.67. The number of hydrogen-bond donors (Lipinski definition) is 1. The molecule has 26 heavy (non-hydrogen) atoms. The molecule has 136 valence electrons. The highest BCUT2D eigenvalue weighted by atomic mass is 16.6. The predicted molar refractivity (Wildman–Crippen MR) is 93.5 cm³/mol. The highest BCUT2D eigenvalue weighted by Crippen LogP contribution is 2.31. The molecular formula is C19H19NO6. The molecule has 0 radical (unpaired) electrons. The molecule has 0 spiro atoms. The van der Waals surface area contributed by atoms with E-state index in [4.69, 9.17) is 18.9 Å². The fraction of sp³-hybridized carbons (Fsp3) is 0.263. The molecule has 0 fully saturated rings. The summed E-state index contributed by atoms with van der Waals surface area (Å²) < 4.78 is 21.4. The number of anilines is 1. The molecule has 0 saturated heterocycles. The van der Waals surface area contributed by atoms with Gasteiger partial charge in [-0.15, -0.1) is 0 Å². The Labute approximate surface area is 150 Å². The second kappa shape index (κ2) is 7.77. The number of ether oxygens (including phenoxy) is 4. The Morgan fingerprint density at radius 1 is 1.15 bits per heavy atom. The summed E-state index contributed by atoms with van der Waals surface area (Å²) in [4.78, 5) is 24.5. The van der Waals surface area contributed by atoms with Crippen molar-refractivity contribution >= 4 is 17.6 Å². The topological polar surface area (TPSA) is 83.1 Å². The van der Waals surface area contributed by atoms with Crippen molar-refractivity contribution in [2.24, 2.45) is 0 Å². The van der Waals surface area contributed by atoms with Crippen molar-refractivity contribution in [1.82, 2.24) is 0 Å². The lowest BCUT2D eigenvalue weighted by molar-refractivity contribution is -0.162. The number of nitrogens with one attached hydrogen (secondary N) is 1. The van der Waals surface area contributed by atoms with E-state index < -0.39 is 24.1 Å². The van der Waals surface area contributed by atoms with Gasteiger partial charge in [0.05, 0.1) is 7.11 Å². The zero-order valence-corrected chi connectivity index (χ0v) is 14.4. The van der Waals surface area contributed by atoms with Crippen molar-refractivity contribution in [3.63, 3.8) is 0 Å². The number of hydrogen-bond acceptors (Lipinski definition) is 6. The number of carbonyl (C=O) groups is 2. The lowest BCUT2D eigenvalue weighted by Gasteiger charge is -2.25. The Bertz CT molecular complexity index is 806. The molecule has 0 unspecified atom stereocenters. The van der Waals surface area contributed by atoms with Gasteiger partial charge in [-0.25, -0.2) is 4.79 Å². The molecular weight excluding hydrogens is 338 g/mol. The molecule has 0 aromatic heterocycles. The van der Waals surface area contributed by atoms with Crippen LogP contribution in [0.25, 0.3) is 0 Å². The molecule has 1 aliphatic rings. The Morgan fingerprint density at radius 2 is 1.92 bits per heavy atom. The number of para-hydroxylation sites is 2. The summed E-state index contributed by atoms with van der Waals surface area (Å²) in [7, 11) is 1.54. The van der Waals surface area contributed by atoms with Gasteiger partial charge in [-0.05, 0) is 31.2 Å². The molecule has 0 aliphatic carbocycles. The van der Waals surface area contributed by atoms with Crippen LogP contribution in [0.3, 0.4) is 0 Å². The third-order valence-electron chi connectivity index (χ3n) is 3.77. The smallest absolute Gasteiger partial charge is 0.351 e. The first kappa shape index (κ1) is 17.6. The minimum Gasteiger partial charge on any atom is -0.497 e. The number of fused-ring (bicyclic) bond motifs is 1. The SMILES string of the molecule is COc1cccc(NC(=O)[C@H](C)OC(=O)[C@H]2COc3ccccc3O2)c1. The normalized spacial score (nSPS) is 16.3. The molecule has 0 bridgehead atoms. The van der Waals surface area contributed by atoms with E-state index in [9.17, 15) is 9.59 Å². The molecule has 2 aromatic rings. The molecule has 0 saturated carbocycles. The molecule has 7 heteroatoms. The Kier molecular flexibility index (Phi) is 5.26. The average molecular weight is 357 g/mol. The fourth-order valence-corrected chi connectivity index (χ4v) is 2.38. The summed E-state index contributed by atoms with van der Waals surface area (Å²) in [5, 5.41) is 2.67. The van der Waals surface area contributed by atoms with Gasteiger partial charge >= 0.3 is 5.97 Å². The largest absolute Gasteiger partial charge is 0.497 e. The maximum absolute atomic E-state index is 12.2. The minimum atomic E-state index is -0.991. The van der Waals surface area contributed by atoms with Crippen LogP contribution in [0.15, 0.2) is 48.5 Å². The highest BCUT2D eigenvalue weighted by Gasteiger charge is 2.31. The standard InChI is InChI=1S/C19H19NO6/c1-12(18(21)20-13-6-5-7-14(10-13)23-2)25-19(22)17-11-24-15-8-3-4-9-16(15)26-17/h3-10,12,17H,11H2,1-2H3,(H,20,21)/t12-,17+/m0/s1. The third-order valence-corrected chi connectivity index (χ3v) is 3.77. The van der Waals surface area contributed by atoms with Gasteiger partial charge in [0.15, 0.2) is 17.6 Å². The molecule has 3 rings (SSSR count). The molecule has 2 aromatic carbocycles. The first-order valence-electron chi connectivity index (χ1n) is 8.10. The summed E-state index contributed by atoms with van der Waals surface area (Å²) in [5.74, 6) is 0.532. The van der Waals surface area contributed by atoms with E-state index in [0.717, 1.165) is 0 Å². The lowest BCUT2D eigenvalue weighted by Crippen LogP contribution is -2.41. The Balaban J connectivity index is 1.56. The second-order valence-corrected chi connectivity index (χ2v) is 5.66. The quantitative estimate of drug-likeness (QED) is 0.828. The van der Waals surface area contributed by atoms with Crippen LogP contribution in [-0.2, 0) is 14.3 Å². The lowest BCUT2D eigenvalue weighted by atomic mass is 10.2. The molecule has 1 heterocycles. The van der Waals surface area contributed by atoms with Gasteiger partial charge in [-0.1, -0.05) is 18.2 Å². The van der Waals surface area contributed by atoms with Crippen LogP contribution in [-0.4, -0.2) is 37.8 Å². The number of methoxy groups -OCH3 is 1. The first-order valence-corrected chi connectivity index (χ1v) is 8.10. The highest BCUT2D eigenvalue weighted by molar-refractivity contribution is 5.95. The van der Waals surface area contributed by atoms with E-state index in [1.807, 2.05) is 6.07 Å². The van der Waals surface area contributed by atoms with Gasteiger partial charge in [-0.3, -0.25) is 4.79 Å². The number of carbonyl (C=O) groups excluding carboxylic acids is 2. The van der Waals surface area contributed by atoms with E-state index in [2.05, 4.69) is 5.32 Å². The van der Waals surface area contributed by atoms with Crippen molar-refractivity contribution in [1.29, 1.82) is 0 Å². The van der Waals surface area contributed by atoms with Crippen molar-refractivity contribution in [2.45, 2.75) is 19.1 Å². The molecule has 7 nitrogen and oxygen atoms in total. The maximum atomic E-state index is 12.2. The van der Waals surface area contributed by atoms with Crippen LogP contribution in [0.5, 0.6) is 17.2 Å². The number of esters is 1. The van der Waals surface area contributed by atoms with Crippen molar-refractivity contribution in [2.75, 3.05) is 19.0 Å². The zero-order chi connectivity index (χ0) is 18.5. The van der Waals surface area contributed by atoms with Gasteiger partial charge in [0.1, 0.15) is 12.4 Å². The minimum absolute atomic E-state index is 0.0278. The summed E-state index contributed by atoms with van der Waals surface area (Å²) in [5.41, 5.74) is 0.545. The van der Waals surface area contributed by atoms with Crippen LogP contribution >= 0.6 is 0 Å². The van der Waals surface area contributed by atoms with E-state index in [0.29, 0.717) is 22.9 Å². The first-order chi connectivity index (χ1) is 12.6. The van der Waals surface area contributed by atoms with E-state index in [1.54, 1.807) is 42.5 Å². The summed E-state index contributed by atoms with van der Waals surface area (Å²) >= 11 is 0. The van der Waals surface area contributed by atoms with Crippen LogP contribution < -0.4 is 19.5 Å². The number of benzene rings is 2. The van der Waals surface area contributed by atoms with Crippen LogP contribution in [0.1, 0.15) is 6.92 Å². The molecule has 1 amide bonds. The van der Waals surface area contributed by atoms with Gasteiger partial charge in [-0.2, -0.15) is 0 Å². The van der Waals surface area contributed by atoms with Crippen LogP contribution in [0, 0.1) is 0 Å². The summed E-state index contributed by atoms with van der Waals surface area (Å²) in [6.07, 6.45) is -1.91. The third kappa shape index (κ3) is 4.05. The fourth-order valence-electron chi connectivity index (χ4n) is 2.38. The predicted octanol–water partition coefficient (Wildman–Crippen LogP) is 2.41. The number of amides is 1. The summed E-state index contributed by atoms with van der Waals surface area (Å²) in [6, 6.07) is 13.9. The van der Waals surface area contributed by atoms with E-state index in [-0.39, 0.29) is 6.61 Å². The van der Waals surface area contributed by atoms with Gasteiger partial charge in [0.2, 0.25) is 6.10 Å². The van der Waals surface area contributed by atoms with Gasteiger partial charge in [0, 0.05) is 11.8 Å². The van der Waals surface area contributed by atoms with Crippen molar-refractivity contribution in [3.05, 3.63) is 48.5 Å². The van der Waals surface area contributed by atoms with Crippen LogP contribution in [0.4, 0.5) is 5.69 Å². The van der Waals surface area contributed by atoms with Gasteiger partial charge in [0.25, 0.3) is 5.91 Å². The van der Waals surface area contributed by atoms with Crippen molar-refractivity contribution < 1.29 is 28.5 Å². The van der Waals surface area contributed by atoms with Gasteiger partial charge < -0.3 is 24.3 Å². The second-order valence-electron chi connectivity index (χ2n) is 5.66. The van der Waals surface area contributed by atoms with E-state index >= 15 is 0 Å².